The van der Waals surface area contributed by atoms with E-state index in [4.69, 9.17) is 0 Å². The van der Waals surface area contributed by atoms with Gasteiger partial charge in [-0.3, -0.25) is 0 Å². The number of hydrogen-bond acceptors (Lipinski definition) is 0. The Kier molecular flexibility index (Phi) is 3.40. The molecule has 0 heterocycles. The normalized spacial score (nSPS) is 15.0. The maximum Gasteiger partial charge on any atom is 0.377 e. The zero-order valence-corrected chi connectivity index (χ0v) is 6.81. The second-order valence-corrected chi connectivity index (χ2v) is 2.56. The van der Waals surface area contributed by atoms with E-state index in [1.807, 2.05) is 0 Å². The van der Waals surface area contributed by atoms with Gasteiger partial charge in [-0.1, -0.05) is 6.92 Å². The largest absolute Gasteiger partial charge is 0.377 e. The lowest BCUT2D eigenvalue weighted by atomic mass is 10.0. The SMILES string of the molecule is CCC(F)(F)C(F)(F)C(F)(F)C(F)F. The third kappa shape index (κ3) is 1.78. The van der Waals surface area contributed by atoms with Crippen LogP contribution in [0.2, 0.25) is 0 Å². The molecular formula is C6H6F8. The summed E-state index contributed by atoms with van der Waals surface area (Å²) >= 11 is 0. The number of rotatable bonds is 4. The van der Waals surface area contributed by atoms with Gasteiger partial charge in [0.2, 0.25) is 0 Å². The van der Waals surface area contributed by atoms with Gasteiger partial charge in [-0.05, 0) is 0 Å². The zero-order valence-electron chi connectivity index (χ0n) is 6.81. The van der Waals surface area contributed by atoms with Gasteiger partial charge in [0, 0.05) is 6.42 Å². The molecule has 0 amide bonds. The van der Waals surface area contributed by atoms with Crippen LogP contribution >= 0.6 is 0 Å². The first-order chi connectivity index (χ1) is 6.00. The lowest BCUT2D eigenvalue weighted by molar-refractivity contribution is -0.338. The highest BCUT2D eigenvalue weighted by molar-refractivity contribution is 4.96. The average molecular weight is 230 g/mol. The van der Waals surface area contributed by atoms with E-state index in [1.54, 1.807) is 0 Å². The molecule has 0 aromatic rings. The Hall–Kier alpha value is -0.560. The van der Waals surface area contributed by atoms with Crippen LogP contribution in [-0.2, 0) is 0 Å². The second-order valence-electron chi connectivity index (χ2n) is 2.56. The molecule has 0 rings (SSSR count). The smallest absolute Gasteiger partial charge is 0.203 e. The van der Waals surface area contributed by atoms with Crippen LogP contribution in [0.25, 0.3) is 0 Å². The van der Waals surface area contributed by atoms with Crippen LogP contribution in [0.5, 0.6) is 0 Å². The van der Waals surface area contributed by atoms with Gasteiger partial charge in [0.15, 0.2) is 0 Å². The van der Waals surface area contributed by atoms with Gasteiger partial charge >= 0.3 is 24.2 Å². The first-order valence-corrected chi connectivity index (χ1v) is 3.42. The molecule has 0 saturated carbocycles. The predicted molar refractivity (Wildman–Crippen MR) is 31.1 cm³/mol. The summed E-state index contributed by atoms with van der Waals surface area (Å²) in [7, 11) is 0. The van der Waals surface area contributed by atoms with Crippen molar-refractivity contribution in [2.75, 3.05) is 0 Å². The van der Waals surface area contributed by atoms with E-state index in [2.05, 4.69) is 0 Å². The van der Waals surface area contributed by atoms with E-state index in [0.717, 1.165) is 0 Å². The third-order valence-corrected chi connectivity index (χ3v) is 1.60. The summed E-state index contributed by atoms with van der Waals surface area (Å²) < 4.78 is 95.8. The highest BCUT2D eigenvalue weighted by atomic mass is 19.4. The standard InChI is InChI=1S/C6H6F8/c1-2-4(9,10)6(13,14)5(11,12)3(7)8/h3H,2H2,1H3. The van der Waals surface area contributed by atoms with Gasteiger partial charge in [-0.15, -0.1) is 0 Å². The van der Waals surface area contributed by atoms with Crippen molar-refractivity contribution in [3.05, 3.63) is 0 Å². The van der Waals surface area contributed by atoms with Crippen molar-refractivity contribution in [1.29, 1.82) is 0 Å². The van der Waals surface area contributed by atoms with E-state index >= 15 is 0 Å². The summed E-state index contributed by atoms with van der Waals surface area (Å²) in [5, 5.41) is 0. The molecule has 0 N–H and O–H groups in total. The minimum absolute atomic E-state index is 0.495. The molecule has 0 aliphatic heterocycles. The van der Waals surface area contributed by atoms with Crippen molar-refractivity contribution in [3.63, 3.8) is 0 Å². The third-order valence-electron chi connectivity index (χ3n) is 1.60. The average Bonchev–Trinajstić information content (AvgIpc) is 2.03. The fourth-order valence-corrected chi connectivity index (χ4v) is 0.603. The Morgan fingerprint density at radius 3 is 1.50 bits per heavy atom. The predicted octanol–water partition coefficient (Wildman–Crippen LogP) is 3.57. The van der Waals surface area contributed by atoms with Gasteiger partial charge in [0.1, 0.15) is 0 Å². The van der Waals surface area contributed by atoms with Crippen molar-refractivity contribution in [2.45, 2.75) is 37.5 Å². The molecule has 14 heavy (non-hydrogen) atoms. The van der Waals surface area contributed by atoms with Gasteiger partial charge in [-0.25, -0.2) is 8.78 Å². The first kappa shape index (κ1) is 13.4. The molecule has 0 saturated heterocycles. The highest BCUT2D eigenvalue weighted by Gasteiger charge is 2.74. The Balaban J connectivity index is 5.14. The Bertz CT molecular complexity index is 196. The van der Waals surface area contributed by atoms with Crippen molar-refractivity contribution in [3.8, 4) is 0 Å². The van der Waals surface area contributed by atoms with Crippen molar-refractivity contribution >= 4 is 0 Å². The zero-order chi connectivity index (χ0) is 11.8. The van der Waals surface area contributed by atoms with Crippen LogP contribution in [0.1, 0.15) is 13.3 Å². The van der Waals surface area contributed by atoms with E-state index in [0.29, 0.717) is 6.92 Å². The van der Waals surface area contributed by atoms with Crippen molar-refractivity contribution < 1.29 is 35.1 Å². The molecule has 0 aromatic carbocycles. The Labute approximate surface area is 73.9 Å². The van der Waals surface area contributed by atoms with Gasteiger partial charge in [0.05, 0.1) is 0 Å². The fourth-order valence-electron chi connectivity index (χ4n) is 0.603. The van der Waals surface area contributed by atoms with Crippen molar-refractivity contribution in [1.82, 2.24) is 0 Å². The summed E-state index contributed by atoms with van der Waals surface area (Å²) in [6.45, 7) is 0.495. The van der Waals surface area contributed by atoms with Crippen LogP contribution in [0.4, 0.5) is 35.1 Å². The number of alkyl halides is 8. The Morgan fingerprint density at radius 2 is 1.29 bits per heavy atom. The highest BCUT2D eigenvalue weighted by Crippen LogP contribution is 2.49. The minimum atomic E-state index is -6.05. The van der Waals surface area contributed by atoms with Crippen LogP contribution < -0.4 is 0 Å². The van der Waals surface area contributed by atoms with Crippen LogP contribution in [0, 0.1) is 0 Å². The quantitative estimate of drug-likeness (QED) is 0.647. The fraction of sp³-hybridized carbons (Fsp3) is 1.00. The monoisotopic (exact) mass is 230 g/mol. The number of halogens is 8. The first-order valence-electron chi connectivity index (χ1n) is 3.42. The minimum Gasteiger partial charge on any atom is -0.203 e. The molecule has 0 aromatic heterocycles. The molecule has 0 aliphatic carbocycles. The summed E-state index contributed by atoms with van der Waals surface area (Å²) in [5.74, 6) is -17.2. The van der Waals surface area contributed by atoms with E-state index < -0.39 is 30.6 Å². The molecule has 0 fully saturated rings. The molecule has 0 bridgehead atoms. The molecular weight excluding hydrogens is 224 g/mol. The molecule has 0 atom stereocenters. The molecule has 0 spiro atoms. The van der Waals surface area contributed by atoms with Gasteiger partial charge in [0.25, 0.3) is 0 Å². The molecule has 0 nitrogen and oxygen atoms in total. The maximum atomic E-state index is 12.3. The molecule has 0 radical (unpaired) electrons. The topological polar surface area (TPSA) is 0 Å². The van der Waals surface area contributed by atoms with Crippen LogP contribution in [0.3, 0.4) is 0 Å². The molecule has 86 valence electrons. The summed E-state index contributed by atoms with van der Waals surface area (Å²) in [4.78, 5) is 0. The second kappa shape index (κ2) is 3.54. The van der Waals surface area contributed by atoms with Gasteiger partial charge < -0.3 is 0 Å². The lowest BCUT2D eigenvalue weighted by Crippen LogP contribution is -2.57. The summed E-state index contributed by atoms with van der Waals surface area (Å²) in [5.41, 5.74) is 0. The van der Waals surface area contributed by atoms with E-state index in [-0.39, 0.29) is 0 Å². The van der Waals surface area contributed by atoms with Crippen LogP contribution in [0.15, 0.2) is 0 Å². The van der Waals surface area contributed by atoms with E-state index in [1.165, 1.54) is 0 Å². The van der Waals surface area contributed by atoms with Crippen molar-refractivity contribution in [2.24, 2.45) is 0 Å². The molecule has 8 heteroatoms. The summed E-state index contributed by atoms with van der Waals surface area (Å²) in [6.07, 6.45) is -6.49. The maximum absolute atomic E-state index is 12.3. The van der Waals surface area contributed by atoms with Crippen LogP contribution in [-0.4, -0.2) is 24.2 Å². The number of hydrogen-bond donors (Lipinski definition) is 0. The lowest BCUT2D eigenvalue weighted by Gasteiger charge is -2.31. The van der Waals surface area contributed by atoms with Gasteiger partial charge in [-0.2, -0.15) is 26.3 Å². The Morgan fingerprint density at radius 1 is 0.929 bits per heavy atom. The van der Waals surface area contributed by atoms with E-state index in [9.17, 15) is 35.1 Å². The molecule has 0 unspecified atom stereocenters. The summed E-state index contributed by atoms with van der Waals surface area (Å²) in [6, 6.07) is 0. The molecule has 0 aliphatic rings.